The highest BCUT2D eigenvalue weighted by molar-refractivity contribution is 9.10. The third kappa shape index (κ3) is 8.02. The first-order chi connectivity index (χ1) is 11.0. The molecule has 1 atom stereocenters. The fraction of sp³-hybridized carbons (Fsp3) is 0.947. The van der Waals surface area contributed by atoms with Crippen LogP contribution in [0.3, 0.4) is 0 Å². The summed E-state index contributed by atoms with van der Waals surface area (Å²) in [6.45, 7) is 9.73. The maximum absolute atomic E-state index is 11.7. The lowest BCUT2D eigenvalue weighted by molar-refractivity contribution is -0.120. The van der Waals surface area contributed by atoms with Gasteiger partial charge in [-0.05, 0) is 51.2 Å². The van der Waals surface area contributed by atoms with E-state index in [0.29, 0.717) is 5.92 Å². The van der Waals surface area contributed by atoms with Crippen molar-refractivity contribution in [2.45, 2.75) is 89.4 Å². The van der Waals surface area contributed by atoms with Crippen molar-refractivity contribution < 1.29 is 4.79 Å². The lowest BCUT2D eigenvalue weighted by Gasteiger charge is -2.42. The molecule has 23 heavy (non-hydrogen) atoms. The van der Waals surface area contributed by atoms with E-state index in [1.807, 2.05) is 0 Å². The molecule has 136 valence electrons. The number of likely N-dealkylation sites (tertiary alicyclic amines) is 1. The van der Waals surface area contributed by atoms with Crippen molar-refractivity contribution in [2.24, 2.45) is 5.92 Å². The second kappa shape index (κ2) is 11.5. The molecule has 0 aromatic heterocycles. The number of hydrogen-bond donors (Lipinski definition) is 1. The summed E-state index contributed by atoms with van der Waals surface area (Å²) < 4.78 is -0.192. The number of alkyl halides is 1. The van der Waals surface area contributed by atoms with Gasteiger partial charge < -0.3 is 10.2 Å². The Labute approximate surface area is 152 Å². The van der Waals surface area contributed by atoms with E-state index >= 15 is 0 Å². The molecular formula is C19H37BrN2O. The molecule has 1 saturated heterocycles. The molecule has 0 radical (unpaired) electrons. The van der Waals surface area contributed by atoms with Crippen molar-refractivity contribution in [2.75, 3.05) is 19.6 Å². The predicted molar refractivity (Wildman–Crippen MR) is 103 cm³/mol. The van der Waals surface area contributed by atoms with Crippen LogP contribution >= 0.6 is 15.9 Å². The molecule has 1 unspecified atom stereocenters. The SMILES string of the molecule is CCCCCCN1CCC(C(Br)(CCCCC)NC(C)=O)CC1. The standard InChI is InChI=1S/C19H37BrN2O/c1-4-6-8-10-14-22-15-11-18(12-16-22)19(20,21-17(3)23)13-9-7-5-2/h18H,4-16H2,1-3H3,(H,21,23). The van der Waals surface area contributed by atoms with E-state index in [1.54, 1.807) is 6.92 Å². The molecule has 1 aliphatic rings. The number of carbonyl (C=O) groups excluding carboxylic acids is 1. The van der Waals surface area contributed by atoms with Gasteiger partial charge in [-0.25, -0.2) is 0 Å². The molecule has 0 bridgehead atoms. The minimum atomic E-state index is -0.192. The van der Waals surface area contributed by atoms with E-state index in [1.165, 1.54) is 77.4 Å². The van der Waals surface area contributed by atoms with Crippen LogP contribution in [0.2, 0.25) is 0 Å². The number of nitrogens with one attached hydrogen (secondary N) is 1. The monoisotopic (exact) mass is 388 g/mol. The van der Waals surface area contributed by atoms with Crippen LogP contribution in [0, 0.1) is 5.92 Å². The van der Waals surface area contributed by atoms with E-state index in [0.717, 1.165) is 6.42 Å². The van der Waals surface area contributed by atoms with Crippen LogP contribution in [0.1, 0.15) is 85.0 Å². The fourth-order valence-electron chi connectivity index (χ4n) is 3.67. The molecule has 1 N–H and O–H groups in total. The molecule has 4 heteroatoms. The van der Waals surface area contributed by atoms with Crippen LogP contribution in [-0.4, -0.2) is 34.9 Å². The van der Waals surface area contributed by atoms with E-state index in [9.17, 15) is 4.79 Å². The Morgan fingerprint density at radius 3 is 2.26 bits per heavy atom. The second-order valence-corrected chi connectivity index (χ2v) is 8.59. The third-order valence-corrected chi connectivity index (χ3v) is 6.33. The van der Waals surface area contributed by atoms with Crippen LogP contribution < -0.4 is 5.32 Å². The fourth-order valence-corrected chi connectivity index (χ4v) is 4.69. The van der Waals surface area contributed by atoms with Crippen molar-refractivity contribution in [1.82, 2.24) is 10.2 Å². The van der Waals surface area contributed by atoms with Crippen molar-refractivity contribution in [3.8, 4) is 0 Å². The van der Waals surface area contributed by atoms with Gasteiger partial charge in [0, 0.05) is 6.92 Å². The Morgan fingerprint density at radius 1 is 1.09 bits per heavy atom. The highest BCUT2D eigenvalue weighted by atomic mass is 79.9. The minimum absolute atomic E-state index is 0.0837. The predicted octanol–water partition coefficient (Wildman–Crippen LogP) is 5.09. The first-order valence-electron chi connectivity index (χ1n) is 9.71. The van der Waals surface area contributed by atoms with E-state index < -0.39 is 0 Å². The molecule has 1 aliphatic heterocycles. The summed E-state index contributed by atoms with van der Waals surface area (Å²) in [6, 6.07) is 0. The summed E-state index contributed by atoms with van der Waals surface area (Å²) in [4.78, 5) is 14.3. The number of unbranched alkanes of at least 4 members (excludes halogenated alkanes) is 5. The van der Waals surface area contributed by atoms with Gasteiger partial charge >= 0.3 is 0 Å². The van der Waals surface area contributed by atoms with Crippen LogP contribution in [0.5, 0.6) is 0 Å². The molecule has 1 heterocycles. The van der Waals surface area contributed by atoms with Gasteiger partial charge in [0.05, 0.1) is 4.45 Å². The number of carbonyl (C=O) groups is 1. The molecule has 0 aromatic rings. The Morgan fingerprint density at radius 2 is 1.70 bits per heavy atom. The van der Waals surface area contributed by atoms with E-state index in [4.69, 9.17) is 0 Å². The average Bonchev–Trinajstić information content (AvgIpc) is 2.52. The Bertz CT molecular complexity index is 329. The van der Waals surface area contributed by atoms with Crippen LogP contribution in [-0.2, 0) is 4.79 Å². The van der Waals surface area contributed by atoms with Crippen LogP contribution in [0.15, 0.2) is 0 Å². The molecule has 1 fully saturated rings. The lowest BCUT2D eigenvalue weighted by atomic mass is 9.86. The lowest BCUT2D eigenvalue weighted by Crippen LogP contribution is -2.51. The Balaban J connectivity index is 2.43. The van der Waals surface area contributed by atoms with Crippen molar-refractivity contribution in [3.05, 3.63) is 0 Å². The van der Waals surface area contributed by atoms with Crippen LogP contribution in [0.25, 0.3) is 0 Å². The molecule has 3 nitrogen and oxygen atoms in total. The summed E-state index contributed by atoms with van der Waals surface area (Å²) in [7, 11) is 0. The quantitative estimate of drug-likeness (QED) is 0.303. The topological polar surface area (TPSA) is 32.3 Å². The zero-order chi connectivity index (χ0) is 17.1. The maximum Gasteiger partial charge on any atom is 0.217 e. The number of halogens is 1. The first-order valence-corrected chi connectivity index (χ1v) is 10.5. The summed E-state index contributed by atoms with van der Waals surface area (Å²) in [6.07, 6.45) is 12.4. The summed E-state index contributed by atoms with van der Waals surface area (Å²) in [5.41, 5.74) is 0. The van der Waals surface area contributed by atoms with Crippen molar-refractivity contribution >= 4 is 21.8 Å². The van der Waals surface area contributed by atoms with Gasteiger partial charge in [-0.3, -0.25) is 4.79 Å². The number of rotatable bonds is 11. The summed E-state index contributed by atoms with van der Waals surface area (Å²) in [5, 5.41) is 3.22. The third-order valence-electron chi connectivity index (χ3n) is 5.09. The van der Waals surface area contributed by atoms with E-state index in [2.05, 4.69) is 40.0 Å². The highest BCUT2D eigenvalue weighted by Gasteiger charge is 2.38. The molecule has 1 amide bonds. The van der Waals surface area contributed by atoms with Crippen LogP contribution in [0.4, 0.5) is 0 Å². The molecular weight excluding hydrogens is 352 g/mol. The van der Waals surface area contributed by atoms with Gasteiger partial charge in [-0.1, -0.05) is 68.3 Å². The van der Waals surface area contributed by atoms with Gasteiger partial charge in [0.2, 0.25) is 5.91 Å². The second-order valence-electron chi connectivity index (χ2n) is 7.18. The van der Waals surface area contributed by atoms with Gasteiger partial charge in [0.15, 0.2) is 0 Å². The van der Waals surface area contributed by atoms with Gasteiger partial charge in [-0.2, -0.15) is 0 Å². The number of hydrogen-bond acceptors (Lipinski definition) is 2. The number of amides is 1. The summed E-state index contributed by atoms with van der Waals surface area (Å²) >= 11 is 3.92. The normalized spacial score (nSPS) is 19.5. The smallest absolute Gasteiger partial charge is 0.217 e. The van der Waals surface area contributed by atoms with Crippen molar-refractivity contribution in [3.63, 3.8) is 0 Å². The van der Waals surface area contributed by atoms with Gasteiger partial charge in [0.1, 0.15) is 0 Å². The zero-order valence-corrected chi connectivity index (χ0v) is 17.1. The molecule has 0 spiro atoms. The molecule has 0 saturated carbocycles. The van der Waals surface area contributed by atoms with Gasteiger partial charge in [0.25, 0.3) is 0 Å². The first kappa shape index (κ1) is 21.0. The molecule has 0 aromatic carbocycles. The zero-order valence-electron chi connectivity index (χ0n) is 15.5. The number of piperidine rings is 1. The van der Waals surface area contributed by atoms with Crippen molar-refractivity contribution in [1.29, 1.82) is 0 Å². The Hall–Kier alpha value is -0.0900. The highest BCUT2D eigenvalue weighted by Crippen LogP contribution is 2.37. The largest absolute Gasteiger partial charge is 0.341 e. The summed E-state index contributed by atoms with van der Waals surface area (Å²) in [5.74, 6) is 0.635. The molecule has 0 aliphatic carbocycles. The number of nitrogens with zero attached hydrogens (tertiary/aromatic N) is 1. The van der Waals surface area contributed by atoms with Gasteiger partial charge in [-0.15, -0.1) is 0 Å². The maximum atomic E-state index is 11.7. The minimum Gasteiger partial charge on any atom is -0.341 e. The van der Waals surface area contributed by atoms with E-state index in [-0.39, 0.29) is 10.4 Å². The Kier molecular flexibility index (Phi) is 10.4. The molecule has 1 rings (SSSR count). The average molecular weight is 389 g/mol.